The highest BCUT2D eigenvalue weighted by Gasteiger charge is 2.20. The fraction of sp³-hybridized carbons (Fsp3) is 0.643. The van der Waals surface area contributed by atoms with E-state index in [0.717, 1.165) is 38.4 Å². The average Bonchev–Trinajstić information content (AvgIpc) is 2.43. The van der Waals surface area contributed by atoms with Crippen molar-refractivity contribution in [2.75, 3.05) is 31.9 Å². The number of hydrogen-bond acceptors (Lipinski definition) is 4. The lowest BCUT2D eigenvalue weighted by Crippen LogP contribution is -2.49. The van der Waals surface area contributed by atoms with E-state index >= 15 is 0 Å². The first-order valence-corrected chi connectivity index (χ1v) is 7.35. The maximum atomic E-state index is 6.16. The lowest BCUT2D eigenvalue weighted by atomic mass is 10.2. The first kappa shape index (κ1) is 14.6. The minimum absolute atomic E-state index is 0.539. The number of aromatic nitrogens is 1. The molecule has 2 rings (SSSR count). The summed E-state index contributed by atoms with van der Waals surface area (Å²) in [6.45, 7) is 9.70. The lowest BCUT2D eigenvalue weighted by molar-refractivity contribution is 0.0956. The van der Waals surface area contributed by atoms with E-state index in [-0.39, 0.29) is 0 Å². The Hall–Kier alpha value is -0.840. The van der Waals surface area contributed by atoms with Crippen molar-refractivity contribution in [2.45, 2.75) is 32.9 Å². The summed E-state index contributed by atoms with van der Waals surface area (Å²) in [5.74, 6) is 0.539. The fourth-order valence-corrected chi connectivity index (χ4v) is 2.61. The molecule has 1 unspecified atom stereocenters. The van der Waals surface area contributed by atoms with Crippen LogP contribution in [0.2, 0.25) is 5.02 Å². The molecule has 0 bridgehead atoms. The van der Waals surface area contributed by atoms with Gasteiger partial charge in [0.15, 0.2) is 0 Å². The average molecular weight is 283 g/mol. The van der Waals surface area contributed by atoms with Crippen LogP contribution in [-0.2, 0) is 6.54 Å². The van der Waals surface area contributed by atoms with E-state index < -0.39 is 0 Å². The highest BCUT2D eigenvalue weighted by Crippen LogP contribution is 2.18. The molecule has 0 amide bonds. The molecule has 106 valence electrons. The summed E-state index contributed by atoms with van der Waals surface area (Å²) in [6, 6.07) is 4.25. The van der Waals surface area contributed by atoms with Gasteiger partial charge in [0.1, 0.15) is 5.82 Å². The number of rotatable bonds is 4. The molecule has 1 saturated heterocycles. The van der Waals surface area contributed by atoms with Crippen molar-refractivity contribution in [1.82, 2.24) is 14.8 Å². The molecule has 0 saturated carbocycles. The van der Waals surface area contributed by atoms with Gasteiger partial charge in [0.25, 0.3) is 0 Å². The second-order valence-corrected chi connectivity index (χ2v) is 5.64. The quantitative estimate of drug-likeness (QED) is 0.920. The second-order valence-electron chi connectivity index (χ2n) is 5.23. The van der Waals surface area contributed by atoms with Crippen LogP contribution >= 0.6 is 11.6 Å². The van der Waals surface area contributed by atoms with Crippen LogP contribution < -0.4 is 5.73 Å². The molecular weight excluding hydrogens is 260 g/mol. The molecule has 19 heavy (non-hydrogen) atoms. The maximum Gasteiger partial charge on any atom is 0.123 e. The molecule has 0 aromatic carbocycles. The SMILES string of the molecule is CCC(C)N1CCN(Cc2nc(N)ccc2Cl)CC1. The second kappa shape index (κ2) is 6.55. The number of hydrogen-bond donors (Lipinski definition) is 1. The van der Waals surface area contributed by atoms with Crippen LogP contribution in [0.25, 0.3) is 0 Å². The third-order valence-corrected chi connectivity index (χ3v) is 4.28. The molecule has 1 aromatic rings. The molecule has 1 aliphatic rings. The minimum atomic E-state index is 0.539. The number of pyridine rings is 1. The Morgan fingerprint density at radius 3 is 2.63 bits per heavy atom. The molecule has 1 atom stereocenters. The van der Waals surface area contributed by atoms with Gasteiger partial charge in [-0.2, -0.15) is 0 Å². The van der Waals surface area contributed by atoms with Crippen LogP contribution in [-0.4, -0.2) is 47.0 Å². The summed E-state index contributed by atoms with van der Waals surface area (Å²) in [6.07, 6.45) is 1.21. The standard InChI is InChI=1S/C14H23ClN4/c1-3-11(2)19-8-6-18(7-9-19)10-13-12(15)4-5-14(16)17-13/h4-5,11H,3,6-10H2,1-2H3,(H2,16,17). The van der Waals surface area contributed by atoms with Gasteiger partial charge in [-0.3, -0.25) is 9.80 Å². The molecule has 1 fully saturated rings. The van der Waals surface area contributed by atoms with Crippen molar-refractivity contribution in [3.05, 3.63) is 22.8 Å². The van der Waals surface area contributed by atoms with Crippen molar-refractivity contribution in [3.63, 3.8) is 0 Å². The first-order valence-electron chi connectivity index (χ1n) is 6.97. The number of nitrogen functional groups attached to an aromatic ring is 1. The minimum Gasteiger partial charge on any atom is -0.384 e. The number of halogens is 1. The van der Waals surface area contributed by atoms with E-state index in [1.807, 2.05) is 6.07 Å². The van der Waals surface area contributed by atoms with E-state index in [1.165, 1.54) is 6.42 Å². The molecule has 0 aliphatic carbocycles. The van der Waals surface area contributed by atoms with Gasteiger partial charge in [-0.15, -0.1) is 0 Å². The van der Waals surface area contributed by atoms with E-state index in [4.69, 9.17) is 17.3 Å². The van der Waals surface area contributed by atoms with E-state index in [2.05, 4.69) is 28.6 Å². The lowest BCUT2D eigenvalue weighted by Gasteiger charge is -2.37. The van der Waals surface area contributed by atoms with Gasteiger partial charge in [0, 0.05) is 38.8 Å². The smallest absolute Gasteiger partial charge is 0.123 e. The van der Waals surface area contributed by atoms with E-state index in [0.29, 0.717) is 16.9 Å². The van der Waals surface area contributed by atoms with Crippen LogP contribution in [0.15, 0.2) is 12.1 Å². The van der Waals surface area contributed by atoms with Crippen LogP contribution in [0, 0.1) is 0 Å². The van der Waals surface area contributed by atoms with Crippen LogP contribution in [0.3, 0.4) is 0 Å². The molecule has 0 spiro atoms. The highest BCUT2D eigenvalue weighted by molar-refractivity contribution is 6.31. The van der Waals surface area contributed by atoms with Crippen molar-refractivity contribution in [1.29, 1.82) is 0 Å². The van der Waals surface area contributed by atoms with E-state index in [9.17, 15) is 0 Å². The predicted octanol–water partition coefficient (Wildman–Crippen LogP) is 2.23. The zero-order valence-electron chi connectivity index (χ0n) is 11.8. The Kier molecular flexibility index (Phi) is 5.02. The first-order chi connectivity index (χ1) is 9.10. The van der Waals surface area contributed by atoms with Gasteiger partial charge in [-0.05, 0) is 25.5 Å². The van der Waals surface area contributed by atoms with Gasteiger partial charge in [-0.1, -0.05) is 18.5 Å². The van der Waals surface area contributed by atoms with Gasteiger partial charge in [-0.25, -0.2) is 4.98 Å². The molecule has 1 aliphatic heterocycles. The predicted molar refractivity (Wildman–Crippen MR) is 80.3 cm³/mol. The topological polar surface area (TPSA) is 45.4 Å². The summed E-state index contributed by atoms with van der Waals surface area (Å²) in [5, 5.41) is 0.707. The molecule has 0 radical (unpaired) electrons. The normalized spacial score (nSPS) is 19.5. The molecule has 2 N–H and O–H groups in total. The summed E-state index contributed by atoms with van der Waals surface area (Å²) >= 11 is 6.16. The summed E-state index contributed by atoms with van der Waals surface area (Å²) < 4.78 is 0. The van der Waals surface area contributed by atoms with Crippen LogP contribution in [0.5, 0.6) is 0 Å². The molecular formula is C14H23ClN4. The number of nitrogens with zero attached hydrogens (tertiary/aromatic N) is 3. The van der Waals surface area contributed by atoms with Crippen molar-refractivity contribution in [3.8, 4) is 0 Å². The molecule has 5 heteroatoms. The van der Waals surface area contributed by atoms with Gasteiger partial charge >= 0.3 is 0 Å². The highest BCUT2D eigenvalue weighted by atomic mass is 35.5. The van der Waals surface area contributed by atoms with Crippen molar-refractivity contribution < 1.29 is 0 Å². The zero-order valence-corrected chi connectivity index (χ0v) is 12.5. The zero-order chi connectivity index (χ0) is 13.8. The van der Waals surface area contributed by atoms with Crippen LogP contribution in [0.4, 0.5) is 5.82 Å². The fourth-order valence-electron chi connectivity index (χ4n) is 2.44. The number of nitrogens with two attached hydrogens (primary N) is 1. The Morgan fingerprint density at radius 2 is 2.00 bits per heavy atom. The van der Waals surface area contributed by atoms with Gasteiger partial charge < -0.3 is 5.73 Å². The summed E-state index contributed by atoms with van der Waals surface area (Å²) in [5.41, 5.74) is 6.60. The Balaban J connectivity index is 1.90. The Morgan fingerprint density at radius 1 is 1.32 bits per heavy atom. The molecule has 4 nitrogen and oxygen atoms in total. The van der Waals surface area contributed by atoms with Crippen molar-refractivity contribution in [2.24, 2.45) is 0 Å². The summed E-state index contributed by atoms with van der Waals surface area (Å²) in [7, 11) is 0. The number of anilines is 1. The third kappa shape index (κ3) is 3.81. The molecule has 1 aromatic heterocycles. The van der Waals surface area contributed by atoms with E-state index in [1.54, 1.807) is 6.07 Å². The number of piperazine rings is 1. The van der Waals surface area contributed by atoms with Crippen molar-refractivity contribution >= 4 is 17.4 Å². The van der Waals surface area contributed by atoms with Gasteiger partial charge in [0.05, 0.1) is 10.7 Å². The van der Waals surface area contributed by atoms with Crippen LogP contribution in [0.1, 0.15) is 26.0 Å². The molecule has 2 heterocycles. The van der Waals surface area contributed by atoms with Gasteiger partial charge in [0.2, 0.25) is 0 Å². The summed E-state index contributed by atoms with van der Waals surface area (Å²) in [4.78, 5) is 9.27. The maximum absolute atomic E-state index is 6.16. The Bertz CT molecular complexity index is 416. The largest absolute Gasteiger partial charge is 0.384 e. The Labute approximate surface area is 120 Å². The third-order valence-electron chi connectivity index (χ3n) is 3.93. The monoisotopic (exact) mass is 282 g/mol.